The summed E-state index contributed by atoms with van der Waals surface area (Å²) in [6, 6.07) is 17.1. The van der Waals surface area contributed by atoms with E-state index in [1.165, 1.54) is 18.1 Å². The second-order valence-corrected chi connectivity index (χ2v) is 6.12. The van der Waals surface area contributed by atoms with Crippen molar-refractivity contribution in [3.05, 3.63) is 72.1 Å². The fourth-order valence-electron chi connectivity index (χ4n) is 2.22. The van der Waals surface area contributed by atoms with Gasteiger partial charge in [0.15, 0.2) is 5.16 Å². The minimum atomic E-state index is -0.106. The van der Waals surface area contributed by atoms with Crippen LogP contribution in [0, 0.1) is 0 Å². The van der Waals surface area contributed by atoms with Crippen molar-refractivity contribution in [3.8, 4) is 5.75 Å². The average molecular weight is 354 g/mol. The van der Waals surface area contributed by atoms with Gasteiger partial charge in [0.05, 0.1) is 6.54 Å². The van der Waals surface area contributed by atoms with E-state index in [-0.39, 0.29) is 5.91 Å². The number of hydrogen-bond acceptors (Lipinski definition) is 5. The monoisotopic (exact) mass is 354 g/mol. The number of benzene rings is 2. The number of aromatic nitrogens is 3. The maximum Gasteiger partial charge on any atom is 0.251 e. The van der Waals surface area contributed by atoms with E-state index in [0.717, 1.165) is 16.5 Å². The van der Waals surface area contributed by atoms with Gasteiger partial charge in [-0.2, -0.15) is 5.10 Å². The summed E-state index contributed by atoms with van der Waals surface area (Å²) in [5, 5.41) is 10.2. The minimum absolute atomic E-state index is 0.106. The predicted octanol–water partition coefficient (Wildman–Crippen LogP) is 2.91. The summed E-state index contributed by atoms with van der Waals surface area (Å²) in [6.07, 6.45) is 1.47. The van der Waals surface area contributed by atoms with Crippen molar-refractivity contribution in [2.75, 3.05) is 13.2 Å². The Labute approximate surface area is 150 Å². The second kappa shape index (κ2) is 8.89. The zero-order chi connectivity index (χ0) is 17.3. The molecule has 128 valence electrons. The summed E-state index contributed by atoms with van der Waals surface area (Å²) in [7, 11) is 0. The van der Waals surface area contributed by atoms with E-state index in [2.05, 4.69) is 20.5 Å². The zero-order valence-electron chi connectivity index (χ0n) is 13.5. The number of nitrogens with zero attached hydrogens (tertiary/aromatic N) is 2. The van der Waals surface area contributed by atoms with Crippen LogP contribution in [0.3, 0.4) is 0 Å². The smallest absolute Gasteiger partial charge is 0.251 e. The number of ether oxygens (including phenoxy) is 1. The van der Waals surface area contributed by atoms with Crippen molar-refractivity contribution in [2.24, 2.45) is 0 Å². The summed E-state index contributed by atoms with van der Waals surface area (Å²) in [6.45, 7) is 0.863. The van der Waals surface area contributed by atoms with Crippen molar-refractivity contribution >= 4 is 17.7 Å². The lowest BCUT2D eigenvalue weighted by Crippen LogP contribution is -2.28. The Balaban J connectivity index is 1.51. The van der Waals surface area contributed by atoms with Gasteiger partial charge >= 0.3 is 0 Å². The summed E-state index contributed by atoms with van der Waals surface area (Å²) >= 11 is 1.50. The van der Waals surface area contributed by atoms with Crippen LogP contribution in [-0.2, 0) is 5.75 Å². The molecule has 7 heteroatoms. The molecule has 1 amide bonds. The second-order valence-electron chi connectivity index (χ2n) is 5.15. The number of nitrogens with one attached hydrogen (secondary N) is 2. The van der Waals surface area contributed by atoms with E-state index < -0.39 is 0 Å². The number of thioether (sulfide) groups is 1. The Kier molecular flexibility index (Phi) is 6.06. The van der Waals surface area contributed by atoms with Crippen LogP contribution in [0.25, 0.3) is 0 Å². The Morgan fingerprint density at radius 2 is 1.92 bits per heavy atom. The normalized spacial score (nSPS) is 10.4. The Morgan fingerprint density at radius 1 is 1.12 bits per heavy atom. The highest BCUT2D eigenvalue weighted by molar-refractivity contribution is 7.98. The van der Waals surface area contributed by atoms with Gasteiger partial charge in [-0.3, -0.25) is 9.89 Å². The van der Waals surface area contributed by atoms with Crippen molar-refractivity contribution in [1.82, 2.24) is 20.5 Å². The molecule has 1 heterocycles. The molecule has 0 unspecified atom stereocenters. The molecule has 0 saturated carbocycles. The van der Waals surface area contributed by atoms with Crippen LogP contribution in [0.15, 0.2) is 66.1 Å². The Bertz CT molecular complexity index is 794. The maximum atomic E-state index is 12.4. The first kappa shape index (κ1) is 17.0. The molecule has 0 fully saturated rings. The number of carbonyl (C=O) groups excluding carboxylic acids is 1. The Hall–Kier alpha value is -2.80. The fourth-order valence-corrected chi connectivity index (χ4v) is 3.01. The van der Waals surface area contributed by atoms with E-state index in [0.29, 0.717) is 24.5 Å². The molecule has 0 spiro atoms. The molecule has 0 bridgehead atoms. The first-order valence-corrected chi connectivity index (χ1v) is 8.83. The van der Waals surface area contributed by atoms with E-state index in [1.54, 1.807) is 0 Å². The van der Waals surface area contributed by atoms with Gasteiger partial charge in [0, 0.05) is 11.3 Å². The highest BCUT2D eigenvalue weighted by Crippen LogP contribution is 2.21. The SMILES string of the molecule is O=C(NCCOc1ccccc1)c1ccccc1CSc1ncn[nH]1. The first-order chi connectivity index (χ1) is 12.3. The largest absolute Gasteiger partial charge is 0.492 e. The van der Waals surface area contributed by atoms with Crippen LogP contribution in [0.5, 0.6) is 5.75 Å². The zero-order valence-corrected chi connectivity index (χ0v) is 14.3. The Morgan fingerprint density at radius 3 is 2.72 bits per heavy atom. The molecule has 0 aliphatic carbocycles. The molecular formula is C18H18N4O2S. The molecule has 1 aromatic heterocycles. The third-order valence-corrected chi connectivity index (χ3v) is 4.34. The van der Waals surface area contributed by atoms with Crippen LogP contribution < -0.4 is 10.1 Å². The number of hydrogen-bond donors (Lipinski definition) is 2. The van der Waals surface area contributed by atoms with Crippen molar-refractivity contribution in [2.45, 2.75) is 10.9 Å². The number of carbonyl (C=O) groups is 1. The lowest BCUT2D eigenvalue weighted by molar-refractivity contribution is 0.0946. The molecule has 0 saturated heterocycles. The molecule has 25 heavy (non-hydrogen) atoms. The van der Waals surface area contributed by atoms with E-state index in [1.807, 2.05) is 54.6 Å². The van der Waals surface area contributed by atoms with Crippen LogP contribution in [0.1, 0.15) is 15.9 Å². The van der Waals surface area contributed by atoms with Crippen molar-refractivity contribution < 1.29 is 9.53 Å². The van der Waals surface area contributed by atoms with Gasteiger partial charge in [0.1, 0.15) is 18.7 Å². The molecule has 3 aromatic rings. The van der Waals surface area contributed by atoms with Crippen LogP contribution in [0.2, 0.25) is 0 Å². The number of H-pyrrole nitrogens is 1. The van der Waals surface area contributed by atoms with Crippen molar-refractivity contribution in [3.63, 3.8) is 0 Å². The van der Waals surface area contributed by atoms with Crippen molar-refractivity contribution in [1.29, 1.82) is 0 Å². The van der Waals surface area contributed by atoms with Gasteiger partial charge < -0.3 is 10.1 Å². The van der Waals surface area contributed by atoms with E-state index in [9.17, 15) is 4.79 Å². The molecule has 2 N–H and O–H groups in total. The molecule has 0 atom stereocenters. The lowest BCUT2D eigenvalue weighted by Gasteiger charge is -2.10. The summed E-state index contributed by atoms with van der Waals surface area (Å²) in [5.74, 6) is 1.32. The molecule has 3 rings (SSSR count). The molecule has 2 aromatic carbocycles. The number of para-hydroxylation sites is 1. The highest BCUT2D eigenvalue weighted by Gasteiger charge is 2.11. The molecule has 0 aliphatic rings. The predicted molar refractivity (Wildman–Crippen MR) is 96.7 cm³/mol. The molecule has 0 radical (unpaired) electrons. The average Bonchev–Trinajstić information content (AvgIpc) is 3.18. The summed E-state index contributed by atoms with van der Waals surface area (Å²) in [5.41, 5.74) is 1.61. The van der Waals surface area contributed by atoms with Gasteiger partial charge in [-0.05, 0) is 23.8 Å². The van der Waals surface area contributed by atoms with E-state index >= 15 is 0 Å². The van der Waals surface area contributed by atoms with E-state index in [4.69, 9.17) is 4.74 Å². The quantitative estimate of drug-likeness (QED) is 0.480. The number of aromatic amines is 1. The van der Waals surface area contributed by atoms with Gasteiger partial charge in [-0.15, -0.1) is 0 Å². The van der Waals surface area contributed by atoms with Gasteiger partial charge in [-0.1, -0.05) is 48.2 Å². The first-order valence-electron chi connectivity index (χ1n) is 7.85. The van der Waals surface area contributed by atoms with Gasteiger partial charge in [-0.25, -0.2) is 4.98 Å². The standard InChI is InChI=1S/C18H18N4O2S/c23-17(19-10-11-24-15-7-2-1-3-8-15)16-9-5-4-6-14(16)12-25-18-20-13-21-22-18/h1-9,13H,10-12H2,(H,19,23)(H,20,21,22). The summed E-state index contributed by atoms with van der Waals surface area (Å²) < 4.78 is 5.58. The summed E-state index contributed by atoms with van der Waals surface area (Å²) in [4.78, 5) is 16.5. The van der Waals surface area contributed by atoms with Gasteiger partial charge in [0.25, 0.3) is 5.91 Å². The number of amides is 1. The van der Waals surface area contributed by atoms with Crippen LogP contribution >= 0.6 is 11.8 Å². The fraction of sp³-hybridized carbons (Fsp3) is 0.167. The maximum absolute atomic E-state index is 12.4. The topological polar surface area (TPSA) is 79.9 Å². The third kappa shape index (κ3) is 5.09. The number of rotatable bonds is 8. The van der Waals surface area contributed by atoms with Gasteiger partial charge in [0.2, 0.25) is 0 Å². The van der Waals surface area contributed by atoms with Crippen LogP contribution in [-0.4, -0.2) is 34.2 Å². The molecular weight excluding hydrogens is 336 g/mol. The molecule has 0 aliphatic heterocycles. The lowest BCUT2D eigenvalue weighted by atomic mass is 10.1. The minimum Gasteiger partial charge on any atom is -0.492 e. The molecule has 6 nitrogen and oxygen atoms in total. The van der Waals surface area contributed by atoms with Crippen LogP contribution in [0.4, 0.5) is 0 Å². The highest BCUT2D eigenvalue weighted by atomic mass is 32.2. The third-order valence-electron chi connectivity index (χ3n) is 3.42.